The van der Waals surface area contributed by atoms with Gasteiger partial charge in [-0.05, 0) is 161 Å². The van der Waals surface area contributed by atoms with Crippen LogP contribution < -0.4 is 9.80 Å². The fraction of sp³-hybridized carbons (Fsp3) is 0.286. The summed E-state index contributed by atoms with van der Waals surface area (Å²) in [5.74, 6) is 0. The van der Waals surface area contributed by atoms with E-state index in [0.717, 1.165) is 12.8 Å². The van der Waals surface area contributed by atoms with E-state index in [4.69, 9.17) is 0 Å². The van der Waals surface area contributed by atoms with E-state index < -0.39 is 0 Å². The lowest BCUT2D eigenvalue weighted by molar-refractivity contribution is 0.475. The van der Waals surface area contributed by atoms with Crippen molar-refractivity contribution in [2.45, 2.75) is 105 Å². The molecule has 0 atom stereocenters. The first-order valence-corrected chi connectivity index (χ1v) is 21.2. The lowest BCUT2D eigenvalue weighted by Gasteiger charge is -2.37. The Labute approximate surface area is 346 Å². The van der Waals surface area contributed by atoms with Gasteiger partial charge in [0.25, 0.3) is 0 Å². The Hall–Kier alpha value is -5.60. The van der Waals surface area contributed by atoms with Gasteiger partial charge in [-0.3, -0.25) is 0 Å². The molecule has 0 aliphatic heterocycles. The SMILES string of the molecule is Cc1ccc(N(c2ccc(C(C)(C)C)cc2)c2cc(C)c3ccc4c(N(c5ccc(C)cc5)c5ccc(C(C)(C)C)cc5)cc5c6c(cc2c3c46)C(C)(C)CC5)cc1. The van der Waals surface area contributed by atoms with E-state index in [1.807, 2.05) is 0 Å². The number of benzene rings is 8. The molecule has 9 rings (SSSR count). The monoisotopic (exact) mass is 758 g/mol. The maximum absolute atomic E-state index is 2.58. The van der Waals surface area contributed by atoms with Crippen molar-refractivity contribution in [2.24, 2.45) is 0 Å². The Kier molecular flexibility index (Phi) is 8.82. The van der Waals surface area contributed by atoms with Crippen LogP contribution in [0.25, 0.3) is 32.3 Å². The minimum atomic E-state index is 0.0198. The molecule has 1 aliphatic carbocycles. The summed E-state index contributed by atoms with van der Waals surface area (Å²) in [4.78, 5) is 5.02. The molecule has 58 heavy (non-hydrogen) atoms. The van der Waals surface area contributed by atoms with E-state index in [1.54, 1.807) is 0 Å². The average molecular weight is 759 g/mol. The van der Waals surface area contributed by atoms with Gasteiger partial charge in [-0.15, -0.1) is 0 Å². The molecule has 0 spiro atoms. The predicted molar refractivity (Wildman–Crippen MR) is 252 cm³/mol. The normalized spacial score (nSPS) is 14.1. The van der Waals surface area contributed by atoms with Crippen molar-refractivity contribution in [1.29, 1.82) is 0 Å². The molecule has 2 nitrogen and oxygen atoms in total. The highest BCUT2D eigenvalue weighted by Gasteiger charge is 2.33. The van der Waals surface area contributed by atoms with E-state index in [2.05, 4.69) is 213 Å². The number of rotatable bonds is 6. The molecule has 0 amide bonds. The smallest absolute Gasteiger partial charge is 0.0543 e. The molecule has 0 radical (unpaired) electrons. The topological polar surface area (TPSA) is 6.48 Å². The molecule has 8 aromatic rings. The van der Waals surface area contributed by atoms with Gasteiger partial charge >= 0.3 is 0 Å². The molecule has 8 aromatic carbocycles. The summed E-state index contributed by atoms with van der Waals surface area (Å²) in [6, 6.07) is 49.1. The van der Waals surface area contributed by atoms with Crippen molar-refractivity contribution in [3.63, 3.8) is 0 Å². The minimum absolute atomic E-state index is 0.0198. The van der Waals surface area contributed by atoms with Crippen LogP contribution >= 0.6 is 0 Å². The fourth-order valence-corrected chi connectivity index (χ4v) is 9.46. The lowest BCUT2D eigenvalue weighted by atomic mass is 9.70. The first kappa shape index (κ1) is 37.9. The average Bonchev–Trinajstić information content (AvgIpc) is 3.18. The zero-order valence-electron chi connectivity index (χ0n) is 36.4. The van der Waals surface area contributed by atoms with Gasteiger partial charge in [0.2, 0.25) is 0 Å². The third-order valence-corrected chi connectivity index (χ3v) is 13.0. The molecule has 0 N–H and O–H groups in total. The largest absolute Gasteiger partial charge is 0.310 e. The molecule has 0 saturated carbocycles. The molecule has 0 unspecified atom stereocenters. The van der Waals surface area contributed by atoms with Crippen molar-refractivity contribution in [1.82, 2.24) is 0 Å². The summed E-state index contributed by atoms with van der Waals surface area (Å²) < 4.78 is 0. The van der Waals surface area contributed by atoms with Crippen LogP contribution in [0, 0.1) is 20.8 Å². The number of aryl methyl sites for hydroxylation is 4. The van der Waals surface area contributed by atoms with E-state index in [-0.39, 0.29) is 16.2 Å². The second-order valence-corrected chi connectivity index (χ2v) is 19.8. The second kappa shape index (κ2) is 13.5. The third kappa shape index (κ3) is 6.33. The van der Waals surface area contributed by atoms with E-state index in [9.17, 15) is 0 Å². The summed E-state index contributed by atoms with van der Waals surface area (Å²) >= 11 is 0. The van der Waals surface area contributed by atoms with Crippen LogP contribution in [0.3, 0.4) is 0 Å². The zero-order valence-corrected chi connectivity index (χ0v) is 36.4. The molecule has 292 valence electrons. The third-order valence-electron chi connectivity index (χ3n) is 13.0. The van der Waals surface area contributed by atoms with Crippen LogP contribution in [0.1, 0.15) is 101 Å². The number of hydrogen-bond acceptors (Lipinski definition) is 2. The van der Waals surface area contributed by atoms with Crippen LogP contribution in [0.4, 0.5) is 34.1 Å². The maximum Gasteiger partial charge on any atom is 0.0543 e. The van der Waals surface area contributed by atoms with Crippen LogP contribution in [-0.2, 0) is 22.7 Å². The Bertz CT molecular complexity index is 2810. The summed E-state index contributed by atoms with van der Waals surface area (Å²) in [5, 5.41) is 8.14. The van der Waals surface area contributed by atoms with Crippen molar-refractivity contribution in [3.05, 3.63) is 166 Å². The summed E-state index contributed by atoms with van der Waals surface area (Å²) in [7, 11) is 0. The molecular formula is C56H58N2. The van der Waals surface area contributed by atoms with Gasteiger partial charge in [-0.1, -0.05) is 127 Å². The lowest BCUT2D eigenvalue weighted by Crippen LogP contribution is -2.24. The van der Waals surface area contributed by atoms with Gasteiger partial charge in [0.15, 0.2) is 0 Å². The molecule has 0 saturated heterocycles. The molecule has 0 heterocycles. The van der Waals surface area contributed by atoms with E-state index in [1.165, 1.54) is 105 Å². The number of hydrogen-bond donors (Lipinski definition) is 0. The number of nitrogens with zero attached hydrogens (tertiary/aromatic N) is 2. The van der Waals surface area contributed by atoms with Gasteiger partial charge in [0, 0.05) is 38.9 Å². The molecular weight excluding hydrogens is 701 g/mol. The van der Waals surface area contributed by atoms with Crippen molar-refractivity contribution in [2.75, 3.05) is 9.80 Å². The first-order valence-electron chi connectivity index (χ1n) is 21.2. The van der Waals surface area contributed by atoms with Crippen molar-refractivity contribution in [3.8, 4) is 0 Å². The first-order chi connectivity index (χ1) is 27.5. The van der Waals surface area contributed by atoms with Gasteiger partial charge in [0.05, 0.1) is 11.4 Å². The fourth-order valence-electron chi connectivity index (χ4n) is 9.46. The highest BCUT2D eigenvalue weighted by atomic mass is 15.1. The quantitative estimate of drug-likeness (QED) is 0.156. The Morgan fingerprint density at radius 2 is 0.879 bits per heavy atom. The van der Waals surface area contributed by atoms with E-state index in [0.29, 0.717) is 0 Å². The number of anilines is 6. The minimum Gasteiger partial charge on any atom is -0.310 e. The summed E-state index contributed by atoms with van der Waals surface area (Å²) in [6.45, 7) is 25.3. The highest BCUT2D eigenvalue weighted by molar-refractivity contribution is 6.30. The Balaban J connectivity index is 1.38. The van der Waals surface area contributed by atoms with Crippen molar-refractivity contribution < 1.29 is 0 Å². The summed E-state index contributed by atoms with van der Waals surface area (Å²) in [6.07, 6.45) is 2.15. The maximum atomic E-state index is 2.58. The van der Waals surface area contributed by atoms with Gasteiger partial charge < -0.3 is 9.80 Å². The standard InChI is InChI=1S/C56H58N2/c1-35-12-20-41(21-13-35)57(43-24-16-39(17-25-43)54(4,5)6)49-32-37(3)45-28-29-46-50(33-38-30-31-56(10,11)48-34-47(49)52(45)53(46)51(38)48)58(42-22-14-36(2)15-23-42)44-26-18-40(19-27-44)55(7,8)9/h12-29,32-34H,30-31H2,1-11H3. The van der Waals surface area contributed by atoms with Crippen LogP contribution in [0.15, 0.2) is 127 Å². The Morgan fingerprint density at radius 3 is 1.34 bits per heavy atom. The van der Waals surface area contributed by atoms with Crippen molar-refractivity contribution >= 4 is 66.4 Å². The Morgan fingerprint density at radius 1 is 0.448 bits per heavy atom. The van der Waals surface area contributed by atoms with Gasteiger partial charge in [-0.25, -0.2) is 0 Å². The van der Waals surface area contributed by atoms with Gasteiger partial charge in [-0.2, -0.15) is 0 Å². The molecule has 1 aliphatic rings. The highest BCUT2D eigenvalue weighted by Crippen LogP contribution is 2.54. The summed E-state index contributed by atoms with van der Waals surface area (Å²) in [5.41, 5.74) is 16.7. The van der Waals surface area contributed by atoms with Crippen LogP contribution in [0.2, 0.25) is 0 Å². The second-order valence-electron chi connectivity index (χ2n) is 19.8. The van der Waals surface area contributed by atoms with E-state index >= 15 is 0 Å². The van der Waals surface area contributed by atoms with Gasteiger partial charge in [0.1, 0.15) is 0 Å². The van der Waals surface area contributed by atoms with Crippen LogP contribution in [-0.4, -0.2) is 0 Å². The zero-order chi connectivity index (χ0) is 40.9. The predicted octanol–water partition coefficient (Wildman–Crippen LogP) is 16.3. The molecule has 0 aromatic heterocycles. The molecule has 0 fully saturated rings. The van der Waals surface area contributed by atoms with Crippen LogP contribution in [0.5, 0.6) is 0 Å². The molecule has 2 heteroatoms. The molecule has 0 bridgehead atoms.